The lowest BCUT2D eigenvalue weighted by Gasteiger charge is -2.30. The molecule has 2 N–H and O–H groups in total. The third kappa shape index (κ3) is 2.95. The Labute approximate surface area is 97.8 Å². The van der Waals surface area contributed by atoms with E-state index >= 15 is 0 Å². The van der Waals surface area contributed by atoms with Crippen molar-refractivity contribution in [3.8, 4) is 0 Å². The first-order valence-corrected chi connectivity index (χ1v) is 6.47. The summed E-state index contributed by atoms with van der Waals surface area (Å²) < 4.78 is 0. The van der Waals surface area contributed by atoms with Crippen LogP contribution in [-0.4, -0.2) is 50.1 Å². The molecular formula is C12H23N3O. The van der Waals surface area contributed by atoms with Crippen LogP contribution in [0.4, 0.5) is 0 Å². The fourth-order valence-electron chi connectivity index (χ4n) is 2.61. The van der Waals surface area contributed by atoms with Crippen molar-refractivity contribution < 1.29 is 4.79 Å². The van der Waals surface area contributed by atoms with Crippen molar-refractivity contribution in [1.29, 1.82) is 0 Å². The van der Waals surface area contributed by atoms with Gasteiger partial charge in [-0.05, 0) is 31.8 Å². The van der Waals surface area contributed by atoms with Crippen molar-refractivity contribution in [2.75, 3.05) is 39.3 Å². The third-order valence-corrected chi connectivity index (χ3v) is 3.62. The normalized spacial score (nSPS) is 32.6. The lowest BCUT2D eigenvalue weighted by Crippen LogP contribution is -2.43. The van der Waals surface area contributed by atoms with E-state index in [0.29, 0.717) is 11.8 Å². The van der Waals surface area contributed by atoms with E-state index in [9.17, 15) is 4.79 Å². The molecule has 2 aliphatic heterocycles. The molecule has 0 aromatic carbocycles. The topological polar surface area (TPSA) is 44.4 Å². The van der Waals surface area contributed by atoms with Crippen LogP contribution in [0, 0.1) is 11.8 Å². The third-order valence-electron chi connectivity index (χ3n) is 3.62. The molecule has 2 fully saturated rings. The SMILES string of the molecule is CC1CNCCN(CC2CCCNC2)C1=O. The van der Waals surface area contributed by atoms with Crippen molar-refractivity contribution >= 4 is 5.91 Å². The maximum absolute atomic E-state index is 12.1. The average Bonchev–Trinajstić information content (AvgIpc) is 2.46. The molecule has 0 spiro atoms. The van der Waals surface area contributed by atoms with Gasteiger partial charge in [0.05, 0.1) is 0 Å². The van der Waals surface area contributed by atoms with Crippen LogP contribution in [-0.2, 0) is 4.79 Å². The van der Waals surface area contributed by atoms with Gasteiger partial charge >= 0.3 is 0 Å². The molecule has 0 aromatic heterocycles. The minimum absolute atomic E-state index is 0.138. The highest BCUT2D eigenvalue weighted by Gasteiger charge is 2.25. The number of carbonyl (C=O) groups is 1. The first-order valence-electron chi connectivity index (χ1n) is 6.47. The standard InChI is InChI=1S/C12H23N3O/c1-10-7-14-5-6-15(12(10)16)9-11-3-2-4-13-8-11/h10-11,13-14H,2-9H2,1H3. The summed E-state index contributed by atoms with van der Waals surface area (Å²) in [6, 6.07) is 0. The van der Waals surface area contributed by atoms with Crippen LogP contribution in [0.1, 0.15) is 19.8 Å². The molecule has 2 rings (SSSR count). The van der Waals surface area contributed by atoms with Crippen LogP contribution >= 0.6 is 0 Å². The summed E-state index contributed by atoms with van der Waals surface area (Å²) >= 11 is 0. The molecule has 2 saturated heterocycles. The number of hydrogen-bond donors (Lipinski definition) is 2. The number of nitrogens with zero attached hydrogens (tertiary/aromatic N) is 1. The summed E-state index contributed by atoms with van der Waals surface area (Å²) in [5.41, 5.74) is 0. The Hall–Kier alpha value is -0.610. The van der Waals surface area contributed by atoms with E-state index in [4.69, 9.17) is 0 Å². The van der Waals surface area contributed by atoms with E-state index < -0.39 is 0 Å². The summed E-state index contributed by atoms with van der Waals surface area (Å²) in [6.45, 7) is 7.83. The van der Waals surface area contributed by atoms with E-state index in [-0.39, 0.29) is 5.92 Å². The molecule has 2 heterocycles. The number of nitrogens with one attached hydrogen (secondary N) is 2. The van der Waals surface area contributed by atoms with Gasteiger partial charge in [-0.1, -0.05) is 6.92 Å². The van der Waals surface area contributed by atoms with Crippen LogP contribution in [0.3, 0.4) is 0 Å². The zero-order valence-corrected chi connectivity index (χ0v) is 10.2. The minimum Gasteiger partial charge on any atom is -0.341 e. The smallest absolute Gasteiger partial charge is 0.226 e. The molecule has 2 aliphatic rings. The maximum atomic E-state index is 12.1. The van der Waals surface area contributed by atoms with Crippen LogP contribution < -0.4 is 10.6 Å². The van der Waals surface area contributed by atoms with Crippen molar-refractivity contribution in [3.05, 3.63) is 0 Å². The Kier molecular flexibility index (Phi) is 4.18. The number of amides is 1. The summed E-state index contributed by atoms with van der Waals surface area (Å²) in [5.74, 6) is 1.12. The van der Waals surface area contributed by atoms with E-state index in [0.717, 1.165) is 39.3 Å². The number of carbonyl (C=O) groups excluding carboxylic acids is 1. The second-order valence-corrected chi connectivity index (χ2v) is 5.10. The highest BCUT2D eigenvalue weighted by Crippen LogP contribution is 2.14. The molecule has 0 radical (unpaired) electrons. The van der Waals surface area contributed by atoms with Gasteiger partial charge in [0.1, 0.15) is 0 Å². The minimum atomic E-state index is 0.138. The summed E-state index contributed by atoms with van der Waals surface area (Å²) in [6.07, 6.45) is 2.51. The van der Waals surface area contributed by atoms with Gasteiger partial charge < -0.3 is 15.5 Å². The number of piperidine rings is 1. The monoisotopic (exact) mass is 225 g/mol. The van der Waals surface area contributed by atoms with Gasteiger partial charge in [0.15, 0.2) is 0 Å². The van der Waals surface area contributed by atoms with Gasteiger partial charge in [0, 0.05) is 32.1 Å². The molecule has 1 amide bonds. The molecule has 4 heteroatoms. The Morgan fingerprint density at radius 3 is 2.88 bits per heavy atom. The second kappa shape index (κ2) is 5.64. The van der Waals surface area contributed by atoms with Crippen LogP contribution in [0.25, 0.3) is 0 Å². The van der Waals surface area contributed by atoms with Gasteiger partial charge in [-0.15, -0.1) is 0 Å². The molecule has 92 valence electrons. The fourth-order valence-corrected chi connectivity index (χ4v) is 2.61. The first kappa shape index (κ1) is 11.9. The number of rotatable bonds is 2. The van der Waals surface area contributed by atoms with Gasteiger partial charge in [0.2, 0.25) is 5.91 Å². The Bertz CT molecular complexity index is 238. The van der Waals surface area contributed by atoms with Crippen molar-refractivity contribution in [1.82, 2.24) is 15.5 Å². The van der Waals surface area contributed by atoms with Gasteiger partial charge in [-0.3, -0.25) is 4.79 Å². The average molecular weight is 225 g/mol. The van der Waals surface area contributed by atoms with Gasteiger partial charge in [-0.25, -0.2) is 0 Å². The highest BCUT2D eigenvalue weighted by atomic mass is 16.2. The van der Waals surface area contributed by atoms with Gasteiger partial charge in [0.25, 0.3) is 0 Å². The molecule has 16 heavy (non-hydrogen) atoms. The zero-order chi connectivity index (χ0) is 11.4. The molecule has 4 nitrogen and oxygen atoms in total. The predicted molar refractivity (Wildman–Crippen MR) is 64.2 cm³/mol. The fraction of sp³-hybridized carbons (Fsp3) is 0.917. The van der Waals surface area contributed by atoms with Crippen LogP contribution in [0.15, 0.2) is 0 Å². The van der Waals surface area contributed by atoms with E-state index in [2.05, 4.69) is 15.5 Å². The summed E-state index contributed by atoms with van der Waals surface area (Å²) in [5, 5.41) is 6.73. The Balaban J connectivity index is 1.88. The quantitative estimate of drug-likeness (QED) is 0.698. The molecule has 2 atom stereocenters. The summed E-state index contributed by atoms with van der Waals surface area (Å²) in [7, 11) is 0. The van der Waals surface area contributed by atoms with Crippen LogP contribution in [0.2, 0.25) is 0 Å². The Morgan fingerprint density at radius 1 is 1.31 bits per heavy atom. The molecule has 0 bridgehead atoms. The summed E-state index contributed by atoms with van der Waals surface area (Å²) in [4.78, 5) is 14.1. The lowest BCUT2D eigenvalue weighted by atomic mass is 9.98. The maximum Gasteiger partial charge on any atom is 0.226 e. The lowest BCUT2D eigenvalue weighted by molar-refractivity contribution is -0.134. The van der Waals surface area contributed by atoms with E-state index in [1.807, 2.05) is 6.92 Å². The first-order chi connectivity index (χ1) is 7.77. The van der Waals surface area contributed by atoms with Gasteiger partial charge in [-0.2, -0.15) is 0 Å². The molecule has 0 aromatic rings. The van der Waals surface area contributed by atoms with E-state index in [1.165, 1.54) is 12.8 Å². The van der Waals surface area contributed by atoms with Crippen molar-refractivity contribution in [2.45, 2.75) is 19.8 Å². The zero-order valence-electron chi connectivity index (χ0n) is 10.2. The van der Waals surface area contributed by atoms with E-state index in [1.54, 1.807) is 0 Å². The highest BCUT2D eigenvalue weighted by molar-refractivity contribution is 5.79. The van der Waals surface area contributed by atoms with Crippen LogP contribution in [0.5, 0.6) is 0 Å². The second-order valence-electron chi connectivity index (χ2n) is 5.10. The van der Waals surface area contributed by atoms with Crippen molar-refractivity contribution in [2.24, 2.45) is 11.8 Å². The number of hydrogen-bond acceptors (Lipinski definition) is 3. The van der Waals surface area contributed by atoms with Crippen molar-refractivity contribution in [3.63, 3.8) is 0 Å². The Morgan fingerprint density at radius 2 is 2.12 bits per heavy atom. The molecule has 0 aliphatic carbocycles. The molecule has 2 unspecified atom stereocenters. The molecule has 0 saturated carbocycles. The predicted octanol–water partition coefficient (Wildman–Crippen LogP) is 0.0539. The largest absolute Gasteiger partial charge is 0.341 e. The molecular weight excluding hydrogens is 202 g/mol.